The molecule has 0 aromatic rings. The molecule has 1 saturated heterocycles. The number of carboxylic acids is 1. The Bertz CT molecular complexity index is 270. The van der Waals surface area contributed by atoms with Gasteiger partial charge in [-0.25, -0.2) is 0 Å². The van der Waals surface area contributed by atoms with Crippen LogP contribution in [0.25, 0.3) is 0 Å². The molecular formula is C10H18N2O4. The van der Waals surface area contributed by atoms with Crippen LogP contribution in [0, 0.1) is 0 Å². The van der Waals surface area contributed by atoms with Gasteiger partial charge in [0.25, 0.3) is 0 Å². The third-order valence-electron chi connectivity index (χ3n) is 2.84. The Labute approximate surface area is 94.3 Å². The molecule has 1 amide bonds. The van der Waals surface area contributed by atoms with Crippen LogP contribution in [-0.4, -0.2) is 53.7 Å². The van der Waals surface area contributed by atoms with Crippen molar-refractivity contribution < 1.29 is 19.4 Å². The van der Waals surface area contributed by atoms with Gasteiger partial charge < -0.3 is 15.6 Å². The predicted molar refractivity (Wildman–Crippen MR) is 56.8 cm³/mol. The van der Waals surface area contributed by atoms with E-state index in [0.29, 0.717) is 26.2 Å². The summed E-state index contributed by atoms with van der Waals surface area (Å²) in [6, 6.07) is -0.407. The maximum Gasteiger partial charge on any atom is 0.303 e. The van der Waals surface area contributed by atoms with Gasteiger partial charge in [-0.15, -0.1) is 0 Å². The van der Waals surface area contributed by atoms with Crippen molar-refractivity contribution in [3.8, 4) is 0 Å². The molecule has 0 spiro atoms. The fourth-order valence-corrected chi connectivity index (χ4v) is 1.89. The molecule has 16 heavy (non-hydrogen) atoms. The van der Waals surface area contributed by atoms with Crippen LogP contribution in [0.1, 0.15) is 19.8 Å². The van der Waals surface area contributed by atoms with Crippen molar-refractivity contribution >= 4 is 11.9 Å². The number of carbonyl (C=O) groups excluding carboxylic acids is 1. The summed E-state index contributed by atoms with van der Waals surface area (Å²) in [6.45, 7) is 3.38. The van der Waals surface area contributed by atoms with Gasteiger partial charge in [-0.1, -0.05) is 0 Å². The van der Waals surface area contributed by atoms with E-state index in [0.717, 1.165) is 0 Å². The first-order chi connectivity index (χ1) is 7.52. The van der Waals surface area contributed by atoms with Gasteiger partial charge in [0.15, 0.2) is 0 Å². The second-order valence-electron chi connectivity index (χ2n) is 4.01. The van der Waals surface area contributed by atoms with Crippen molar-refractivity contribution in [2.24, 2.45) is 5.73 Å². The van der Waals surface area contributed by atoms with Gasteiger partial charge in [0.05, 0.1) is 13.2 Å². The zero-order chi connectivity index (χ0) is 12.1. The van der Waals surface area contributed by atoms with E-state index in [1.807, 2.05) is 11.8 Å². The topological polar surface area (TPSA) is 92.9 Å². The van der Waals surface area contributed by atoms with Gasteiger partial charge in [-0.3, -0.25) is 14.5 Å². The van der Waals surface area contributed by atoms with Crippen LogP contribution in [0.4, 0.5) is 0 Å². The number of ether oxygens (including phenoxy) is 1. The predicted octanol–water partition coefficient (Wildman–Crippen LogP) is -0.574. The molecule has 1 rings (SSSR count). The Morgan fingerprint density at radius 3 is 2.88 bits per heavy atom. The second kappa shape index (κ2) is 5.81. The van der Waals surface area contributed by atoms with E-state index < -0.39 is 17.9 Å². The number of hydrogen-bond donors (Lipinski definition) is 2. The molecule has 0 bridgehead atoms. The van der Waals surface area contributed by atoms with Crippen LogP contribution < -0.4 is 5.73 Å². The summed E-state index contributed by atoms with van der Waals surface area (Å²) >= 11 is 0. The highest BCUT2D eigenvalue weighted by Gasteiger charge is 2.30. The number of carboxylic acid groups (broad SMARTS) is 1. The fraction of sp³-hybridized carbons (Fsp3) is 0.800. The Kier molecular flexibility index (Phi) is 4.70. The highest BCUT2D eigenvalue weighted by molar-refractivity contribution is 5.80. The van der Waals surface area contributed by atoms with Gasteiger partial charge >= 0.3 is 5.97 Å². The lowest BCUT2D eigenvalue weighted by Crippen LogP contribution is -2.55. The number of hydrogen-bond acceptors (Lipinski definition) is 4. The van der Waals surface area contributed by atoms with E-state index in [-0.39, 0.29) is 12.5 Å². The number of nitrogens with zero attached hydrogens (tertiary/aromatic N) is 1. The third kappa shape index (κ3) is 3.46. The Balaban J connectivity index is 2.53. The molecule has 0 aliphatic carbocycles. The van der Waals surface area contributed by atoms with E-state index >= 15 is 0 Å². The molecule has 1 aliphatic heterocycles. The summed E-state index contributed by atoms with van der Waals surface area (Å²) < 4.78 is 5.19. The molecule has 2 atom stereocenters. The third-order valence-corrected chi connectivity index (χ3v) is 2.84. The first kappa shape index (κ1) is 12.9. The second-order valence-corrected chi connectivity index (χ2v) is 4.01. The molecule has 92 valence electrons. The molecule has 1 heterocycles. The lowest BCUT2D eigenvalue weighted by molar-refractivity contribution is -0.137. The molecular weight excluding hydrogens is 212 g/mol. The molecule has 6 nitrogen and oxygen atoms in total. The van der Waals surface area contributed by atoms with Crippen molar-refractivity contribution in [3.05, 3.63) is 0 Å². The average molecular weight is 230 g/mol. The van der Waals surface area contributed by atoms with Gasteiger partial charge in [0.2, 0.25) is 5.91 Å². The monoisotopic (exact) mass is 230 g/mol. The molecule has 0 aromatic carbocycles. The fourth-order valence-electron chi connectivity index (χ4n) is 1.89. The van der Waals surface area contributed by atoms with Crippen LogP contribution in [0.5, 0.6) is 0 Å². The number of aliphatic carboxylic acids is 1. The van der Waals surface area contributed by atoms with E-state index in [2.05, 4.69) is 0 Å². The van der Waals surface area contributed by atoms with Crippen molar-refractivity contribution in [1.82, 2.24) is 4.90 Å². The highest BCUT2D eigenvalue weighted by atomic mass is 16.5. The van der Waals surface area contributed by atoms with Gasteiger partial charge in [-0.05, 0) is 13.3 Å². The quantitative estimate of drug-likeness (QED) is 0.659. The zero-order valence-corrected chi connectivity index (χ0v) is 9.39. The van der Waals surface area contributed by atoms with Gasteiger partial charge in [-0.2, -0.15) is 0 Å². The number of carbonyl (C=O) groups is 2. The number of nitrogens with two attached hydrogens (primary N) is 1. The van der Waals surface area contributed by atoms with Crippen LogP contribution >= 0.6 is 0 Å². The summed E-state index contributed by atoms with van der Waals surface area (Å²) in [6.07, 6.45) is 0.614. The Morgan fingerprint density at radius 2 is 2.31 bits per heavy atom. The molecule has 3 N–H and O–H groups in total. The lowest BCUT2D eigenvalue weighted by Gasteiger charge is -2.37. The largest absolute Gasteiger partial charge is 0.481 e. The van der Waals surface area contributed by atoms with Gasteiger partial charge in [0.1, 0.15) is 6.04 Å². The zero-order valence-electron chi connectivity index (χ0n) is 9.39. The number of rotatable bonds is 5. The standard InChI is InChI=1S/C10H18N2O4/c1-7(2-3-9(13)14)12-4-5-16-6-8(12)10(11)15/h7-8H,2-6H2,1H3,(H2,11,15)(H,13,14). The number of amides is 1. The van der Waals surface area contributed by atoms with Crippen LogP contribution in [0.3, 0.4) is 0 Å². The number of morpholine rings is 1. The van der Waals surface area contributed by atoms with Crippen molar-refractivity contribution in [1.29, 1.82) is 0 Å². The summed E-state index contributed by atoms with van der Waals surface area (Å²) in [5.41, 5.74) is 5.27. The highest BCUT2D eigenvalue weighted by Crippen LogP contribution is 2.14. The molecule has 0 radical (unpaired) electrons. The average Bonchev–Trinajstić information content (AvgIpc) is 2.25. The first-order valence-corrected chi connectivity index (χ1v) is 5.37. The van der Waals surface area contributed by atoms with Gasteiger partial charge in [0, 0.05) is 19.0 Å². The minimum absolute atomic E-state index is 0.0255. The molecule has 1 fully saturated rings. The van der Waals surface area contributed by atoms with E-state index in [4.69, 9.17) is 15.6 Å². The van der Waals surface area contributed by atoms with E-state index in [1.165, 1.54) is 0 Å². The molecule has 2 unspecified atom stereocenters. The Morgan fingerprint density at radius 1 is 1.62 bits per heavy atom. The normalized spacial score (nSPS) is 23.9. The van der Waals surface area contributed by atoms with E-state index in [1.54, 1.807) is 0 Å². The summed E-state index contributed by atoms with van der Waals surface area (Å²) in [5.74, 6) is -1.24. The van der Waals surface area contributed by atoms with Crippen molar-refractivity contribution in [2.75, 3.05) is 19.8 Å². The minimum Gasteiger partial charge on any atom is -0.481 e. The van der Waals surface area contributed by atoms with Crippen LogP contribution in [0.2, 0.25) is 0 Å². The van der Waals surface area contributed by atoms with E-state index in [9.17, 15) is 9.59 Å². The van der Waals surface area contributed by atoms with Crippen molar-refractivity contribution in [2.45, 2.75) is 31.8 Å². The lowest BCUT2D eigenvalue weighted by atomic mass is 10.1. The van der Waals surface area contributed by atoms with Crippen LogP contribution in [0.15, 0.2) is 0 Å². The molecule has 6 heteroatoms. The molecule has 0 aromatic heterocycles. The minimum atomic E-state index is -0.823. The summed E-state index contributed by atoms with van der Waals surface area (Å²) in [4.78, 5) is 23.6. The number of primary amides is 1. The first-order valence-electron chi connectivity index (χ1n) is 5.37. The SMILES string of the molecule is CC(CCC(=O)O)N1CCOCC1C(N)=O. The Hall–Kier alpha value is -1.14. The summed E-state index contributed by atoms with van der Waals surface area (Å²) in [7, 11) is 0. The van der Waals surface area contributed by atoms with Crippen molar-refractivity contribution in [3.63, 3.8) is 0 Å². The van der Waals surface area contributed by atoms with Crippen LogP contribution in [-0.2, 0) is 14.3 Å². The summed E-state index contributed by atoms with van der Waals surface area (Å²) in [5, 5.41) is 8.60. The molecule has 1 aliphatic rings. The maximum atomic E-state index is 11.2. The maximum absolute atomic E-state index is 11.2. The molecule has 0 saturated carbocycles. The smallest absolute Gasteiger partial charge is 0.303 e.